The van der Waals surface area contributed by atoms with Gasteiger partial charge in [0.25, 0.3) is 0 Å². The van der Waals surface area contributed by atoms with Gasteiger partial charge < -0.3 is 10.0 Å². The molecule has 2 N–H and O–H groups in total. The third kappa shape index (κ3) is 2.60. The Hall–Kier alpha value is -1.66. The average Bonchev–Trinajstić information content (AvgIpc) is 2.77. The lowest BCUT2D eigenvalue weighted by Gasteiger charge is -2.19. The van der Waals surface area contributed by atoms with Gasteiger partial charge in [0.05, 0.1) is 0 Å². The average molecular weight is 245 g/mol. The van der Waals surface area contributed by atoms with E-state index >= 15 is 0 Å². The van der Waals surface area contributed by atoms with E-state index in [4.69, 9.17) is 10.0 Å². The first-order chi connectivity index (χ1) is 8.38. The molecular weight excluding hydrogens is 229 g/mol. The number of rotatable bonds is 2. The minimum atomic E-state index is -1.51. The van der Waals surface area contributed by atoms with E-state index in [9.17, 15) is 0 Å². The van der Waals surface area contributed by atoms with Crippen molar-refractivity contribution in [1.82, 2.24) is 14.8 Å². The summed E-state index contributed by atoms with van der Waals surface area (Å²) >= 11 is 0. The second kappa shape index (κ2) is 4.55. The summed E-state index contributed by atoms with van der Waals surface area (Å²) < 4.78 is 1.53. The van der Waals surface area contributed by atoms with E-state index in [2.05, 4.69) is 30.9 Å². The van der Waals surface area contributed by atoms with Crippen molar-refractivity contribution in [2.24, 2.45) is 0 Å². The molecule has 0 amide bonds. The largest absolute Gasteiger partial charge is 0.491 e. The minimum absolute atomic E-state index is 0.0319. The van der Waals surface area contributed by atoms with E-state index in [1.807, 2.05) is 12.1 Å². The van der Waals surface area contributed by atoms with Crippen LogP contribution in [0.5, 0.6) is 0 Å². The maximum Gasteiger partial charge on any atom is 0.491 e. The molecular formula is C12H16BN3O2. The van der Waals surface area contributed by atoms with Gasteiger partial charge in [-0.3, -0.25) is 0 Å². The Morgan fingerprint density at radius 2 is 2.00 bits per heavy atom. The van der Waals surface area contributed by atoms with Gasteiger partial charge in [0.2, 0.25) is 0 Å². The number of nitrogens with zero attached hydrogens (tertiary/aromatic N) is 3. The molecule has 0 aliphatic carbocycles. The highest BCUT2D eigenvalue weighted by atomic mass is 16.4. The molecule has 2 rings (SSSR count). The molecule has 0 fully saturated rings. The van der Waals surface area contributed by atoms with Crippen LogP contribution in [-0.4, -0.2) is 31.9 Å². The van der Waals surface area contributed by atoms with Crippen LogP contribution >= 0.6 is 0 Å². The van der Waals surface area contributed by atoms with Gasteiger partial charge in [-0.05, 0) is 23.1 Å². The van der Waals surface area contributed by atoms with Crippen molar-refractivity contribution < 1.29 is 10.0 Å². The van der Waals surface area contributed by atoms with Crippen molar-refractivity contribution in [3.63, 3.8) is 0 Å². The summed E-state index contributed by atoms with van der Waals surface area (Å²) in [5.74, 6) is 0.661. The zero-order chi connectivity index (χ0) is 13.3. The van der Waals surface area contributed by atoms with Crippen LogP contribution in [0.3, 0.4) is 0 Å². The molecule has 0 aliphatic rings. The quantitative estimate of drug-likeness (QED) is 0.744. The molecule has 2 aromatic rings. The Labute approximate surface area is 106 Å². The van der Waals surface area contributed by atoms with Gasteiger partial charge in [-0.1, -0.05) is 20.8 Å². The first-order valence-corrected chi connectivity index (χ1v) is 5.75. The second-order valence-corrected chi connectivity index (χ2v) is 5.24. The van der Waals surface area contributed by atoms with Crippen LogP contribution in [0.4, 0.5) is 0 Å². The summed E-state index contributed by atoms with van der Waals surface area (Å²) in [6.07, 6.45) is 4.70. The number of hydrogen-bond acceptors (Lipinski definition) is 4. The van der Waals surface area contributed by atoms with E-state index in [1.165, 1.54) is 10.9 Å². The molecule has 0 aromatic carbocycles. The number of aromatic nitrogens is 3. The highest BCUT2D eigenvalue weighted by molar-refractivity contribution is 6.58. The minimum Gasteiger partial charge on any atom is -0.423 e. The normalized spacial score (nSPS) is 11.6. The Kier molecular flexibility index (Phi) is 3.23. The smallest absolute Gasteiger partial charge is 0.423 e. The van der Waals surface area contributed by atoms with E-state index < -0.39 is 7.12 Å². The van der Waals surface area contributed by atoms with Gasteiger partial charge in [0.15, 0.2) is 5.82 Å². The van der Waals surface area contributed by atoms with Gasteiger partial charge in [-0.15, -0.1) is 0 Å². The predicted octanol–water partition coefficient (Wildman–Crippen LogP) is 0.245. The maximum atomic E-state index is 9.05. The first-order valence-electron chi connectivity index (χ1n) is 5.75. The molecule has 0 saturated carbocycles. The van der Waals surface area contributed by atoms with Crippen molar-refractivity contribution >= 4 is 12.6 Å². The molecule has 0 saturated heterocycles. The lowest BCUT2D eigenvalue weighted by molar-refractivity contribution is 0.426. The van der Waals surface area contributed by atoms with E-state index in [0.29, 0.717) is 11.3 Å². The Balaban J connectivity index is 2.38. The zero-order valence-corrected chi connectivity index (χ0v) is 10.7. The molecule has 0 spiro atoms. The molecule has 94 valence electrons. The van der Waals surface area contributed by atoms with Gasteiger partial charge in [0.1, 0.15) is 0 Å². The molecule has 6 heteroatoms. The van der Waals surface area contributed by atoms with Crippen LogP contribution in [-0.2, 0) is 5.41 Å². The molecule has 5 nitrogen and oxygen atoms in total. The molecule has 2 aromatic heterocycles. The van der Waals surface area contributed by atoms with Crippen LogP contribution in [0.25, 0.3) is 5.82 Å². The Bertz CT molecular complexity index is 546. The summed E-state index contributed by atoms with van der Waals surface area (Å²) in [5, 5.41) is 22.2. The highest BCUT2D eigenvalue weighted by Gasteiger charge is 2.17. The molecule has 0 bridgehead atoms. The number of hydrogen-bond donors (Lipinski definition) is 2. The lowest BCUT2D eigenvalue weighted by Crippen LogP contribution is -2.28. The van der Waals surface area contributed by atoms with Crippen molar-refractivity contribution in [1.29, 1.82) is 0 Å². The fraction of sp³-hybridized carbons (Fsp3) is 0.333. The van der Waals surface area contributed by atoms with Crippen LogP contribution in [0.15, 0.2) is 30.7 Å². The van der Waals surface area contributed by atoms with E-state index in [-0.39, 0.29) is 5.41 Å². The molecule has 0 atom stereocenters. The summed E-state index contributed by atoms with van der Waals surface area (Å²) in [7, 11) is -1.51. The summed E-state index contributed by atoms with van der Waals surface area (Å²) in [4.78, 5) is 4.23. The van der Waals surface area contributed by atoms with Gasteiger partial charge in [-0.25, -0.2) is 9.67 Å². The van der Waals surface area contributed by atoms with Crippen molar-refractivity contribution in [2.45, 2.75) is 26.2 Å². The topological polar surface area (TPSA) is 71.2 Å². The van der Waals surface area contributed by atoms with Crippen molar-refractivity contribution in [3.8, 4) is 5.82 Å². The molecule has 0 radical (unpaired) electrons. The van der Waals surface area contributed by atoms with Gasteiger partial charge >= 0.3 is 7.12 Å². The van der Waals surface area contributed by atoms with Gasteiger partial charge in [0, 0.05) is 24.1 Å². The first kappa shape index (κ1) is 12.8. The molecule has 0 unspecified atom stereocenters. The fourth-order valence-electron chi connectivity index (χ4n) is 1.61. The molecule has 18 heavy (non-hydrogen) atoms. The monoisotopic (exact) mass is 245 g/mol. The van der Waals surface area contributed by atoms with E-state index in [0.717, 1.165) is 5.56 Å². The Morgan fingerprint density at radius 3 is 2.56 bits per heavy atom. The second-order valence-electron chi connectivity index (χ2n) is 5.24. The Morgan fingerprint density at radius 1 is 1.28 bits per heavy atom. The third-order valence-electron chi connectivity index (χ3n) is 2.75. The number of pyridine rings is 1. The fourth-order valence-corrected chi connectivity index (χ4v) is 1.61. The standard InChI is InChI=1S/C12H16BN3O2/c1-12(2,3)9-4-5-14-11(6-9)16-8-10(7-15-16)13(17)18/h4-8,17-18H,1-3H3. The third-order valence-corrected chi connectivity index (χ3v) is 2.75. The summed E-state index contributed by atoms with van der Waals surface area (Å²) in [5.41, 5.74) is 1.52. The summed E-state index contributed by atoms with van der Waals surface area (Å²) in [6, 6.07) is 3.91. The zero-order valence-electron chi connectivity index (χ0n) is 10.7. The molecule has 0 aliphatic heterocycles. The predicted molar refractivity (Wildman–Crippen MR) is 69.9 cm³/mol. The van der Waals surface area contributed by atoms with Crippen LogP contribution in [0.1, 0.15) is 26.3 Å². The van der Waals surface area contributed by atoms with Gasteiger partial charge in [-0.2, -0.15) is 5.10 Å². The van der Waals surface area contributed by atoms with Crippen molar-refractivity contribution in [2.75, 3.05) is 0 Å². The lowest BCUT2D eigenvalue weighted by atomic mass is 9.83. The van der Waals surface area contributed by atoms with E-state index in [1.54, 1.807) is 12.4 Å². The highest BCUT2D eigenvalue weighted by Crippen LogP contribution is 2.22. The maximum absolute atomic E-state index is 9.05. The van der Waals surface area contributed by atoms with Crippen molar-refractivity contribution in [3.05, 3.63) is 36.3 Å². The SMILES string of the molecule is CC(C)(C)c1ccnc(-n2cc(B(O)O)cn2)c1. The van der Waals surface area contributed by atoms with Crippen LogP contribution in [0.2, 0.25) is 0 Å². The van der Waals surface area contributed by atoms with Crippen LogP contribution in [0, 0.1) is 0 Å². The molecule has 2 heterocycles. The van der Waals surface area contributed by atoms with Crippen LogP contribution < -0.4 is 5.46 Å². The summed E-state index contributed by atoms with van der Waals surface area (Å²) in [6.45, 7) is 6.37.